The highest BCUT2D eigenvalue weighted by Crippen LogP contribution is 2.34. The molecule has 0 saturated carbocycles. The molecule has 1 fully saturated rings. The molecule has 1 unspecified atom stereocenters. The quantitative estimate of drug-likeness (QED) is 0.635. The zero-order valence-corrected chi connectivity index (χ0v) is 17.6. The van der Waals surface area contributed by atoms with Crippen molar-refractivity contribution >= 4 is 45.6 Å². The van der Waals surface area contributed by atoms with E-state index in [9.17, 15) is 14.0 Å². The maximum Gasteiger partial charge on any atom is 0.230 e. The van der Waals surface area contributed by atoms with Gasteiger partial charge in [-0.15, -0.1) is 10.2 Å². The standard InChI is InChI=1S/C21H18ClFN4O2S/c1-12-4-2-5-14(8-12)27-11-13(9-19(27)29)20-25-26-21(30-20)24-18(28)10-15-16(22)6-3-7-17(15)23/h2-8,13H,9-11H2,1H3,(H,24,26,28). The van der Waals surface area contributed by atoms with E-state index in [1.807, 2.05) is 31.2 Å². The van der Waals surface area contributed by atoms with Gasteiger partial charge in [0.15, 0.2) is 0 Å². The van der Waals surface area contributed by atoms with Crippen molar-refractivity contribution in [3.63, 3.8) is 0 Å². The fourth-order valence-corrected chi connectivity index (χ4v) is 4.47. The predicted molar refractivity (Wildman–Crippen MR) is 115 cm³/mol. The Bertz CT molecular complexity index is 1100. The zero-order valence-electron chi connectivity index (χ0n) is 16.1. The number of hydrogen-bond donors (Lipinski definition) is 1. The Labute approximate surface area is 181 Å². The molecule has 1 atom stereocenters. The van der Waals surface area contributed by atoms with E-state index < -0.39 is 11.7 Å². The topological polar surface area (TPSA) is 75.2 Å². The van der Waals surface area contributed by atoms with Crippen LogP contribution in [0.25, 0.3) is 0 Å². The number of rotatable bonds is 5. The Hall–Kier alpha value is -2.84. The highest BCUT2D eigenvalue weighted by Gasteiger charge is 2.34. The lowest BCUT2D eigenvalue weighted by atomic mass is 10.1. The van der Waals surface area contributed by atoms with Crippen molar-refractivity contribution in [2.75, 3.05) is 16.8 Å². The molecular formula is C21H18ClFN4O2S. The molecule has 2 heterocycles. The smallest absolute Gasteiger partial charge is 0.230 e. The maximum atomic E-state index is 13.9. The second-order valence-corrected chi connectivity index (χ2v) is 8.53. The first-order valence-corrected chi connectivity index (χ1v) is 10.5. The van der Waals surface area contributed by atoms with Crippen molar-refractivity contribution in [2.24, 2.45) is 0 Å². The third-order valence-corrected chi connectivity index (χ3v) is 6.23. The first-order valence-electron chi connectivity index (χ1n) is 9.34. The van der Waals surface area contributed by atoms with Crippen LogP contribution in [0.3, 0.4) is 0 Å². The molecule has 9 heteroatoms. The Kier molecular flexibility index (Phi) is 5.78. The molecule has 2 amide bonds. The van der Waals surface area contributed by atoms with E-state index >= 15 is 0 Å². The number of amides is 2. The number of hydrogen-bond acceptors (Lipinski definition) is 5. The van der Waals surface area contributed by atoms with Gasteiger partial charge in [0.2, 0.25) is 16.9 Å². The number of nitrogens with zero attached hydrogens (tertiary/aromatic N) is 3. The van der Waals surface area contributed by atoms with Crippen molar-refractivity contribution in [1.29, 1.82) is 0 Å². The van der Waals surface area contributed by atoms with E-state index in [4.69, 9.17) is 11.6 Å². The molecule has 1 aliphatic rings. The average molecular weight is 445 g/mol. The third kappa shape index (κ3) is 4.34. The van der Waals surface area contributed by atoms with Gasteiger partial charge in [0, 0.05) is 35.2 Å². The lowest BCUT2D eigenvalue weighted by Crippen LogP contribution is -2.24. The average Bonchev–Trinajstić information content (AvgIpc) is 3.31. The lowest BCUT2D eigenvalue weighted by Gasteiger charge is -2.16. The van der Waals surface area contributed by atoms with Crippen LogP contribution < -0.4 is 10.2 Å². The van der Waals surface area contributed by atoms with Gasteiger partial charge in [0.1, 0.15) is 10.8 Å². The Morgan fingerprint density at radius 2 is 2.10 bits per heavy atom. The van der Waals surface area contributed by atoms with Crippen LogP contribution >= 0.6 is 22.9 Å². The summed E-state index contributed by atoms with van der Waals surface area (Å²) >= 11 is 7.19. The fraction of sp³-hybridized carbons (Fsp3) is 0.238. The summed E-state index contributed by atoms with van der Waals surface area (Å²) in [6, 6.07) is 12.1. The summed E-state index contributed by atoms with van der Waals surface area (Å²) in [4.78, 5) is 26.5. The summed E-state index contributed by atoms with van der Waals surface area (Å²) in [6.45, 7) is 2.49. The van der Waals surface area contributed by atoms with Crippen molar-refractivity contribution < 1.29 is 14.0 Å². The molecular weight excluding hydrogens is 427 g/mol. The number of aryl methyl sites for hydroxylation is 1. The summed E-state index contributed by atoms with van der Waals surface area (Å²) < 4.78 is 13.9. The Morgan fingerprint density at radius 3 is 2.87 bits per heavy atom. The minimum Gasteiger partial charge on any atom is -0.312 e. The van der Waals surface area contributed by atoms with Crippen molar-refractivity contribution in [2.45, 2.75) is 25.7 Å². The molecule has 1 N–H and O–H groups in total. The molecule has 2 aromatic carbocycles. The monoisotopic (exact) mass is 444 g/mol. The van der Waals surface area contributed by atoms with Gasteiger partial charge >= 0.3 is 0 Å². The highest BCUT2D eigenvalue weighted by atomic mass is 35.5. The molecule has 1 aliphatic heterocycles. The van der Waals surface area contributed by atoms with Gasteiger partial charge in [-0.2, -0.15) is 0 Å². The molecule has 0 spiro atoms. The first kappa shape index (κ1) is 20.4. The molecule has 0 aliphatic carbocycles. The summed E-state index contributed by atoms with van der Waals surface area (Å²) in [5, 5.41) is 12.0. The molecule has 0 bridgehead atoms. The van der Waals surface area contributed by atoms with Gasteiger partial charge in [-0.05, 0) is 36.8 Å². The Balaban J connectivity index is 1.42. The number of carbonyl (C=O) groups is 2. The summed E-state index contributed by atoms with van der Waals surface area (Å²) in [7, 11) is 0. The van der Waals surface area contributed by atoms with Crippen molar-refractivity contribution in [3.8, 4) is 0 Å². The Morgan fingerprint density at radius 1 is 1.30 bits per heavy atom. The van der Waals surface area contributed by atoms with Gasteiger partial charge < -0.3 is 10.2 Å². The maximum absolute atomic E-state index is 13.9. The molecule has 4 rings (SSSR count). The van der Waals surface area contributed by atoms with Crippen LogP contribution in [-0.2, 0) is 16.0 Å². The van der Waals surface area contributed by atoms with Gasteiger partial charge in [-0.25, -0.2) is 4.39 Å². The molecule has 1 saturated heterocycles. The van der Waals surface area contributed by atoms with E-state index in [0.717, 1.165) is 11.3 Å². The van der Waals surface area contributed by atoms with Crippen LogP contribution in [0.4, 0.5) is 15.2 Å². The van der Waals surface area contributed by atoms with Crippen LogP contribution in [0.5, 0.6) is 0 Å². The predicted octanol–water partition coefficient (Wildman–Crippen LogP) is 4.34. The van der Waals surface area contributed by atoms with Gasteiger partial charge in [0.05, 0.1) is 6.42 Å². The normalized spacial score (nSPS) is 16.2. The molecule has 3 aromatic rings. The van der Waals surface area contributed by atoms with E-state index in [-0.39, 0.29) is 28.8 Å². The number of carbonyl (C=O) groups excluding carboxylic acids is 2. The summed E-state index contributed by atoms with van der Waals surface area (Å²) in [5.74, 6) is -1.03. The van der Waals surface area contributed by atoms with E-state index in [1.54, 1.807) is 4.90 Å². The number of anilines is 2. The molecule has 30 heavy (non-hydrogen) atoms. The molecule has 154 valence electrons. The van der Waals surface area contributed by atoms with E-state index in [1.165, 1.54) is 29.5 Å². The minimum absolute atomic E-state index is 0.0283. The van der Waals surface area contributed by atoms with Crippen LogP contribution in [0.1, 0.15) is 28.5 Å². The number of benzene rings is 2. The van der Waals surface area contributed by atoms with Gasteiger partial charge in [0.25, 0.3) is 0 Å². The number of halogens is 2. The first-order chi connectivity index (χ1) is 14.4. The SMILES string of the molecule is Cc1cccc(N2CC(c3nnc(NC(=O)Cc4c(F)cccc4Cl)s3)CC2=O)c1. The van der Waals surface area contributed by atoms with Crippen LogP contribution in [0.15, 0.2) is 42.5 Å². The zero-order chi connectivity index (χ0) is 21.3. The van der Waals surface area contributed by atoms with Gasteiger partial charge in [-0.3, -0.25) is 9.59 Å². The highest BCUT2D eigenvalue weighted by molar-refractivity contribution is 7.15. The molecule has 0 radical (unpaired) electrons. The molecule has 1 aromatic heterocycles. The largest absolute Gasteiger partial charge is 0.312 e. The van der Waals surface area contributed by atoms with Crippen LogP contribution in [0, 0.1) is 12.7 Å². The summed E-state index contributed by atoms with van der Waals surface area (Å²) in [6.07, 6.45) is 0.130. The van der Waals surface area contributed by atoms with Gasteiger partial charge in [-0.1, -0.05) is 41.1 Å². The number of nitrogens with one attached hydrogen (secondary N) is 1. The number of aromatic nitrogens is 2. The van der Waals surface area contributed by atoms with Crippen LogP contribution in [0.2, 0.25) is 5.02 Å². The van der Waals surface area contributed by atoms with Crippen molar-refractivity contribution in [3.05, 3.63) is 69.4 Å². The van der Waals surface area contributed by atoms with E-state index in [0.29, 0.717) is 23.1 Å². The van der Waals surface area contributed by atoms with E-state index in [2.05, 4.69) is 15.5 Å². The second kappa shape index (κ2) is 8.49. The fourth-order valence-electron chi connectivity index (χ4n) is 3.39. The van der Waals surface area contributed by atoms with Crippen LogP contribution in [-0.4, -0.2) is 28.6 Å². The summed E-state index contributed by atoms with van der Waals surface area (Å²) in [5.41, 5.74) is 2.08. The minimum atomic E-state index is -0.531. The molecule has 6 nitrogen and oxygen atoms in total. The third-order valence-electron chi connectivity index (χ3n) is 4.87. The second-order valence-electron chi connectivity index (χ2n) is 7.12. The lowest BCUT2D eigenvalue weighted by molar-refractivity contribution is -0.117. The van der Waals surface area contributed by atoms with Crippen molar-refractivity contribution in [1.82, 2.24) is 10.2 Å².